The van der Waals surface area contributed by atoms with E-state index in [2.05, 4.69) is 15.5 Å². The molecule has 1 saturated heterocycles. The summed E-state index contributed by atoms with van der Waals surface area (Å²) in [7, 11) is 0. The summed E-state index contributed by atoms with van der Waals surface area (Å²) in [5.41, 5.74) is 3.38. The lowest BCUT2D eigenvalue weighted by atomic mass is 10.1. The zero-order valence-corrected chi connectivity index (χ0v) is 18.0. The minimum absolute atomic E-state index is 0.258. The smallest absolute Gasteiger partial charge is 0.222 e. The largest absolute Gasteiger partial charge is 0.343 e. The normalized spacial score (nSPS) is 13.9. The lowest BCUT2D eigenvalue weighted by molar-refractivity contribution is -0.127. The van der Waals surface area contributed by atoms with Crippen molar-refractivity contribution >= 4 is 17.5 Å². The number of likely N-dealkylation sites (tertiary alicyclic amines) is 1. The molecule has 1 aliphatic rings. The van der Waals surface area contributed by atoms with E-state index in [9.17, 15) is 9.18 Å². The third-order valence-electron chi connectivity index (χ3n) is 5.34. The maximum Gasteiger partial charge on any atom is 0.222 e. The fraction of sp³-hybridized carbons (Fsp3) is 0.348. The van der Waals surface area contributed by atoms with E-state index in [-0.39, 0.29) is 11.7 Å². The van der Waals surface area contributed by atoms with Crippen LogP contribution < -0.4 is 5.32 Å². The molecule has 0 bridgehead atoms. The highest BCUT2D eigenvalue weighted by Gasteiger charge is 2.19. The molecule has 1 aromatic heterocycles. The molecule has 162 valence electrons. The lowest BCUT2D eigenvalue weighted by Gasteiger charge is -2.15. The highest BCUT2D eigenvalue weighted by atomic mass is 35.5. The van der Waals surface area contributed by atoms with E-state index in [4.69, 9.17) is 11.6 Å². The SMILES string of the molecule is O=C1CCCN1CCCNCc1nn(Cc2ccc(F)cc2Cl)nc1-c1ccccc1. The molecule has 3 aromatic rings. The van der Waals surface area contributed by atoms with E-state index >= 15 is 0 Å². The highest BCUT2D eigenvalue weighted by Crippen LogP contribution is 2.22. The molecule has 1 aliphatic heterocycles. The first-order valence-electron chi connectivity index (χ1n) is 10.5. The van der Waals surface area contributed by atoms with Crippen LogP contribution >= 0.6 is 11.6 Å². The second-order valence-electron chi connectivity index (χ2n) is 7.64. The molecule has 0 radical (unpaired) electrons. The van der Waals surface area contributed by atoms with Crippen LogP contribution in [0.3, 0.4) is 0 Å². The maximum atomic E-state index is 13.3. The number of carbonyl (C=O) groups excluding carboxylic acids is 1. The Bertz CT molecular complexity index is 1040. The van der Waals surface area contributed by atoms with Gasteiger partial charge in [-0.05, 0) is 37.1 Å². The third kappa shape index (κ3) is 5.48. The Balaban J connectivity index is 1.43. The Morgan fingerprint density at radius 2 is 1.97 bits per heavy atom. The summed E-state index contributed by atoms with van der Waals surface area (Å²) in [6.45, 7) is 3.37. The third-order valence-corrected chi connectivity index (χ3v) is 5.70. The molecule has 0 spiro atoms. The Morgan fingerprint density at radius 1 is 1.13 bits per heavy atom. The fourth-order valence-electron chi connectivity index (χ4n) is 3.74. The topological polar surface area (TPSA) is 63.1 Å². The van der Waals surface area contributed by atoms with E-state index in [0.717, 1.165) is 55.0 Å². The van der Waals surface area contributed by atoms with Crippen LogP contribution in [0.1, 0.15) is 30.5 Å². The second-order valence-corrected chi connectivity index (χ2v) is 8.05. The molecular formula is C23H25ClFN5O. The number of nitrogens with one attached hydrogen (secondary N) is 1. The number of rotatable bonds is 9. The summed E-state index contributed by atoms with van der Waals surface area (Å²) in [6.07, 6.45) is 2.54. The van der Waals surface area contributed by atoms with Crippen molar-refractivity contribution in [2.45, 2.75) is 32.4 Å². The summed E-state index contributed by atoms with van der Waals surface area (Å²) in [6, 6.07) is 14.2. The quantitative estimate of drug-likeness (QED) is 0.512. The number of halogens is 2. The average molecular weight is 442 g/mol. The van der Waals surface area contributed by atoms with Crippen molar-refractivity contribution in [3.05, 3.63) is 70.6 Å². The summed E-state index contributed by atoms with van der Waals surface area (Å²) >= 11 is 6.18. The van der Waals surface area contributed by atoms with E-state index in [0.29, 0.717) is 24.5 Å². The van der Waals surface area contributed by atoms with Gasteiger partial charge in [0.1, 0.15) is 17.2 Å². The van der Waals surface area contributed by atoms with Crippen LogP contribution in [0.5, 0.6) is 0 Å². The van der Waals surface area contributed by atoms with Gasteiger partial charge in [-0.25, -0.2) is 4.39 Å². The summed E-state index contributed by atoms with van der Waals surface area (Å²) in [4.78, 5) is 15.2. The first-order valence-corrected chi connectivity index (χ1v) is 10.9. The van der Waals surface area contributed by atoms with Gasteiger partial charge in [-0.3, -0.25) is 4.79 Å². The molecule has 4 rings (SSSR count). The van der Waals surface area contributed by atoms with Gasteiger partial charge < -0.3 is 10.2 Å². The zero-order chi connectivity index (χ0) is 21.6. The molecule has 31 heavy (non-hydrogen) atoms. The minimum Gasteiger partial charge on any atom is -0.343 e. The molecular weight excluding hydrogens is 417 g/mol. The van der Waals surface area contributed by atoms with Crippen molar-refractivity contribution < 1.29 is 9.18 Å². The van der Waals surface area contributed by atoms with E-state index in [1.165, 1.54) is 12.1 Å². The number of nitrogens with zero attached hydrogens (tertiary/aromatic N) is 4. The molecule has 1 N–H and O–H groups in total. The van der Waals surface area contributed by atoms with Gasteiger partial charge >= 0.3 is 0 Å². The van der Waals surface area contributed by atoms with Gasteiger partial charge in [0.25, 0.3) is 0 Å². The van der Waals surface area contributed by atoms with Crippen LogP contribution in [-0.4, -0.2) is 45.4 Å². The van der Waals surface area contributed by atoms with Gasteiger partial charge in [-0.2, -0.15) is 15.0 Å². The number of hydrogen-bond donors (Lipinski definition) is 1. The molecule has 0 saturated carbocycles. The first-order chi connectivity index (χ1) is 15.1. The molecule has 0 unspecified atom stereocenters. The van der Waals surface area contributed by atoms with Gasteiger partial charge in [0.2, 0.25) is 5.91 Å². The van der Waals surface area contributed by atoms with Crippen molar-refractivity contribution in [2.75, 3.05) is 19.6 Å². The monoisotopic (exact) mass is 441 g/mol. The second kappa shape index (κ2) is 10.0. The van der Waals surface area contributed by atoms with Crippen molar-refractivity contribution in [3.8, 4) is 11.3 Å². The Kier molecular flexibility index (Phi) is 6.94. The lowest BCUT2D eigenvalue weighted by Crippen LogP contribution is -2.28. The number of aromatic nitrogens is 3. The zero-order valence-electron chi connectivity index (χ0n) is 17.2. The maximum absolute atomic E-state index is 13.3. The molecule has 2 heterocycles. The minimum atomic E-state index is -0.368. The molecule has 0 atom stereocenters. The van der Waals surface area contributed by atoms with E-state index < -0.39 is 0 Å². The van der Waals surface area contributed by atoms with Gasteiger partial charge in [0.15, 0.2) is 0 Å². The van der Waals surface area contributed by atoms with Crippen LogP contribution in [0, 0.1) is 5.82 Å². The van der Waals surface area contributed by atoms with Crippen LogP contribution in [0.25, 0.3) is 11.3 Å². The number of hydrogen-bond acceptors (Lipinski definition) is 4. The van der Waals surface area contributed by atoms with E-state index in [1.807, 2.05) is 35.2 Å². The Labute approximate surface area is 186 Å². The van der Waals surface area contributed by atoms with Crippen LogP contribution in [-0.2, 0) is 17.9 Å². The predicted octanol–water partition coefficient (Wildman–Crippen LogP) is 3.89. The van der Waals surface area contributed by atoms with Crippen molar-refractivity contribution in [1.82, 2.24) is 25.2 Å². The Morgan fingerprint density at radius 3 is 2.71 bits per heavy atom. The van der Waals surface area contributed by atoms with Crippen molar-refractivity contribution in [3.63, 3.8) is 0 Å². The summed E-state index contributed by atoms with van der Waals surface area (Å²) in [5, 5.41) is 13.1. The van der Waals surface area contributed by atoms with Crippen LogP contribution in [0.15, 0.2) is 48.5 Å². The predicted molar refractivity (Wildman–Crippen MR) is 118 cm³/mol. The van der Waals surface area contributed by atoms with Gasteiger partial charge in [-0.1, -0.05) is 48.0 Å². The number of carbonyl (C=O) groups is 1. The van der Waals surface area contributed by atoms with Crippen molar-refractivity contribution in [2.24, 2.45) is 0 Å². The fourth-order valence-corrected chi connectivity index (χ4v) is 3.96. The molecule has 8 heteroatoms. The molecule has 0 aliphatic carbocycles. The van der Waals surface area contributed by atoms with Crippen LogP contribution in [0.4, 0.5) is 4.39 Å². The first kappa shape index (κ1) is 21.5. The van der Waals surface area contributed by atoms with Gasteiger partial charge in [0.05, 0.1) is 6.54 Å². The molecule has 2 aromatic carbocycles. The summed E-state index contributed by atoms with van der Waals surface area (Å²) in [5.74, 6) is -0.110. The number of benzene rings is 2. The molecule has 6 nitrogen and oxygen atoms in total. The molecule has 1 amide bonds. The van der Waals surface area contributed by atoms with Crippen molar-refractivity contribution in [1.29, 1.82) is 0 Å². The highest BCUT2D eigenvalue weighted by molar-refractivity contribution is 6.31. The summed E-state index contributed by atoms with van der Waals surface area (Å²) < 4.78 is 13.3. The average Bonchev–Trinajstić information content (AvgIpc) is 3.36. The number of amides is 1. The molecule has 1 fully saturated rings. The van der Waals surface area contributed by atoms with Crippen LogP contribution in [0.2, 0.25) is 5.02 Å². The Hall–Kier alpha value is -2.77. The van der Waals surface area contributed by atoms with E-state index in [1.54, 1.807) is 10.9 Å². The standard InChI is InChI=1S/C23H25ClFN5O/c24-20-14-19(25)10-9-18(20)16-30-27-21(23(28-30)17-6-2-1-3-7-17)15-26-11-5-13-29-12-4-8-22(29)31/h1-3,6-7,9-10,14,26H,4-5,8,11-13,15-16H2. The van der Waals surface area contributed by atoms with Gasteiger partial charge in [-0.15, -0.1) is 0 Å². The van der Waals surface area contributed by atoms with Gasteiger partial charge in [0, 0.05) is 36.6 Å².